The van der Waals surface area contributed by atoms with Gasteiger partial charge in [0.1, 0.15) is 5.58 Å². The minimum absolute atomic E-state index is 0. The molecule has 0 fully saturated rings. The molecule has 2 aromatic carbocycles. The zero-order valence-electron chi connectivity index (χ0n) is 20.2. The van der Waals surface area contributed by atoms with Crippen molar-refractivity contribution in [3.63, 3.8) is 0 Å². The van der Waals surface area contributed by atoms with Crippen LogP contribution in [-0.4, -0.2) is 91.4 Å². The van der Waals surface area contributed by atoms with Crippen molar-refractivity contribution in [3.8, 4) is 11.8 Å². The van der Waals surface area contributed by atoms with E-state index in [1.807, 2.05) is 6.07 Å². The fourth-order valence-corrected chi connectivity index (χ4v) is 4.32. The molecule has 0 bridgehead atoms. The molecule has 1 heterocycles. The van der Waals surface area contributed by atoms with Gasteiger partial charge in [-0.2, -0.15) is 18.4 Å². The summed E-state index contributed by atoms with van der Waals surface area (Å²) < 4.78 is 39.6. The Morgan fingerprint density at radius 3 is 2.64 bits per heavy atom. The average molecular weight is 558 g/mol. The molecule has 0 aliphatic heterocycles. The van der Waals surface area contributed by atoms with Gasteiger partial charge < -0.3 is 14.1 Å². The van der Waals surface area contributed by atoms with Crippen LogP contribution in [0.2, 0.25) is 5.02 Å². The van der Waals surface area contributed by atoms with Crippen molar-refractivity contribution in [2.24, 2.45) is 0 Å². The second-order valence-corrected chi connectivity index (χ2v) is 9.73. The number of fused-ring (bicyclic) bond motifs is 1. The van der Waals surface area contributed by atoms with Crippen molar-refractivity contribution in [1.82, 2.24) is 9.62 Å². The topological polar surface area (TPSA) is 142 Å². The van der Waals surface area contributed by atoms with E-state index in [-0.39, 0.29) is 87.1 Å². The molecule has 0 spiro atoms. The summed E-state index contributed by atoms with van der Waals surface area (Å²) in [7, 11) is -0.796. The summed E-state index contributed by atoms with van der Waals surface area (Å²) in [5.41, 5.74) is 1.61. The maximum Gasteiger partial charge on any atom is 0.414 e. The first kappa shape index (κ1) is 30.3. The van der Waals surface area contributed by atoms with Gasteiger partial charge in [-0.1, -0.05) is 23.7 Å². The number of anilines is 1. The summed E-state index contributed by atoms with van der Waals surface area (Å²) >= 11 is 6.30. The van der Waals surface area contributed by atoms with Gasteiger partial charge in [-0.25, -0.2) is 9.59 Å². The fraction of sp³-hybridized carbons (Fsp3) is 0.261. The van der Waals surface area contributed by atoms with E-state index in [4.69, 9.17) is 26.0 Å². The Kier molecular flexibility index (Phi) is 11.0. The number of carbonyl (C=O) groups excluding carboxylic acids is 1. The summed E-state index contributed by atoms with van der Waals surface area (Å²) in [6.45, 7) is 1.74. The molecule has 3 rings (SSSR count). The van der Waals surface area contributed by atoms with E-state index in [0.717, 1.165) is 0 Å². The molecular weight excluding hydrogens is 535 g/mol. The molecule has 0 aliphatic rings. The molecule has 0 saturated carbocycles. The first-order valence-electron chi connectivity index (χ1n) is 10.4. The van der Waals surface area contributed by atoms with Gasteiger partial charge in [0.25, 0.3) is 10.2 Å². The van der Waals surface area contributed by atoms with E-state index in [0.29, 0.717) is 27.8 Å². The number of nitrogens with one attached hydrogen (secondary N) is 2. The smallest absolute Gasteiger partial charge is 0.414 e. The van der Waals surface area contributed by atoms with Crippen molar-refractivity contribution in [3.05, 3.63) is 68.5 Å². The molecule has 3 aromatic rings. The molecule has 185 valence electrons. The van der Waals surface area contributed by atoms with Gasteiger partial charge in [0.15, 0.2) is 5.75 Å². The summed E-state index contributed by atoms with van der Waals surface area (Å²) in [6, 6.07) is 11.4. The number of halogens is 1. The molecule has 1 amide bonds. The van der Waals surface area contributed by atoms with E-state index in [1.54, 1.807) is 37.3 Å². The largest absolute Gasteiger partial charge is 0.422 e. The minimum Gasteiger partial charge on any atom is -0.422 e. The number of ether oxygens (including phenoxy) is 1. The number of nitriles is 1. The molecule has 0 unspecified atom stereocenters. The first-order chi connectivity index (χ1) is 16.5. The third kappa shape index (κ3) is 7.77. The summed E-state index contributed by atoms with van der Waals surface area (Å²) in [6.07, 6.45) is -0.407. The van der Waals surface area contributed by atoms with Crippen LogP contribution in [0.3, 0.4) is 0 Å². The number of nitrogens with zero attached hydrogens (tertiary/aromatic N) is 2. The Balaban J connectivity index is 0.00000456. The van der Waals surface area contributed by atoms with Crippen LogP contribution >= 0.6 is 11.6 Å². The van der Waals surface area contributed by atoms with E-state index in [2.05, 4.69) is 9.44 Å². The standard InChI is InChI=1S/C23H23ClN4O6S.K/c1-14-17-12-19(24)21(34-23(30)28(2)3)13-20(17)33-22(29)18(14)11-15-6-4-7-16(10-15)27-35(31,32)26-9-5-8-25;/h4,6-7,10,12-13,26-27H,5,9,11H2,1-3H3;. The Hall–Kier alpha value is -1.95. The molecule has 1 aromatic heterocycles. The van der Waals surface area contributed by atoms with Crippen LogP contribution < -0.4 is 19.8 Å². The van der Waals surface area contributed by atoms with E-state index < -0.39 is 21.9 Å². The van der Waals surface area contributed by atoms with E-state index >= 15 is 0 Å². The minimum atomic E-state index is -3.85. The van der Waals surface area contributed by atoms with Crippen molar-refractivity contribution in [1.29, 1.82) is 5.26 Å². The van der Waals surface area contributed by atoms with Crippen molar-refractivity contribution in [2.75, 3.05) is 25.4 Å². The van der Waals surface area contributed by atoms with Gasteiger partial charge in [0.2, 0.25) is 0 Å². The van der Waals surface area contributed by atoms with Crippen molar-refractivity contribution >= 4 is 95.9 Å². The van der Waals surface area contributed by atoms with Crippen LogP contribution in [0.5, 0.6) is 5.75 Å². The van der Waals surface area contributed by atoms with Crippen LogP contribution in [0.15, 0.2) is 45.6 Å². The van der Waals surface area contributed by atoms with Gasteiger partial charge in [-0.15, -0.1) is 0 Å². The average Bonchev–Trinajstić information content (AvgIpc) is 2.78. The third-order valence-corrected chi connectivity index (χ3v) is 6.38. The number of hydrogen-bond donors (Lipinski definition) is 2. The SMILES string of the molecule is Cc1c(Cc2cccc(NS(=O)(=O)NCCC#N)c2)c(=O)oc2cc(OC(=O)N(C)C)c(Cl)cc12.[K]. The Bertz CT molecular complexity index is 1480. The van der Waals surface area contributed by atoms with E-state index in [1.165, 1.54) is 25.1 Å². The molecule has 1 radical (unpaired) electrons. The number of aryl methyl sites for hydroxylation is 1. The van der Waals surface area contributed by atoms with E-state index in [9.17, 15) is 18.0 Å². The number of carbonyl (C=O) groups is 1. The Labute approximate surface area is 256 Å². The van der Waals surface area contributed by atoms with Crippen LogP contribution in [0.1, 0.15) is 23.1 Å². The van der Waals surface area contributed by atoms with Gasteiger partial charge in [-0.05, 0) is 36.2 Å². The molecule has 2 N–H and O–H groups in total. The zero-order chi connectivity index (χ0) is 25.8. The molecule has 36 heavy (non-hydrogen) atoms. The zero-order valence-corrected chi connectivity index (χ0v) is 24.9. The predicted molar refractivity (Wildman–Crippen MR) is 138 cm³/mol. The number of amides is 1. The molecule has 0 atom stereocenters. The number of rotatable bonds is 8. The van der Waals surface area contributed by atoms with Gasteiger partial charge in [-0.3, -0.25) is 4.72 Å². The summed E-state index contributed by atoms with van der Waals surface area (Å²) in [4.78, 5) is 25.9. The number of hydrogen-bond acceptors (Lipinski definition) is 7. The van der Waals surface area contributed by atoms with Gasteiger partial charge >= 0.3 is 11.7 Å². The molecule has 10 nitrogen and oxygen atoms in total. The maximum absolute atomic E-state index is 12.8. The number of benzene rings is 2. The molecule has 13 heteroatoms. The predicted octanol–water partition coefficient (Wildman–Crippen LogP) is 3.19. The summed E-state index contributed by atoms with van der Waals surface area (Å²) in [5.74, 6) is 0.0662. The quantitative estimate of drug-likeness (QED) is 0.246. The second kappa shape index (κ2) is 13.0. The van der Waals surface area contributed by atoms with Crippen LogP contribution in [0.4, 0.5) is 10.5 Å². The van der Waals surface area contributed by atoms with Crippen LogP contribution in [0.25, 0.3) is 11.0 Å². The Morgan fingerprint density at radius 1 is 1.25 bits per heavy atom. The van der Waals surface area contributed by atoms with Gasteiger partial charge in [0.05, 0.1) is 16.8 Å². The normalized spacial score (nSPS) is 10.9. The van der Waals surface area contributed by atoms with Gasteiger partial charge in [0, 0.05) is 102 Å². The fourth-order valence-electron chi connectivity index (χ4n) is 3.24. The summed E-state index contributed by atoms with van der Waals surface area (Å²) in [5, 5.41) is 9.31. The molecule has 0 saturated heterocycles. The van der Waals surface area contributed by atoms with Crippen LogP contribution in [0, 0.1) is 18.3 Å². The molecule has 0 aliphatic carbocycles. The van der Waals surface area contributed by atoms with Crippen LogP contribution in [-0.2, 0) is 16.6 Å². The van der Waals surface area contributed by atoms with Crippen molar-refractivity contribution < 1.29 is 22.4 Å². The maximum atomic E-state index is 12.8. The first-order valence-corrected chi connectivity index (χ1v) is 12.2. The molecular formula is C23H23ClKN4O6S. The second-order valence-electron chi connectivity index (χ2n) is 7.82. The van der Waals surface area contributed by atoms with Crippen molar-refractivity contribution in [2.45, 2.75) is 19.8 Å². The monoisotopic (exact) mass is 557 g/mol. The Morgan fingerprint density at radius 2 is 1.97 bits per heavy atom. The third-order valence-electron chi connectivity index (χ3n) is 4.99.